The molecule has 3 aliphatic rings. The highest BCUT2D eigenvalue weighted by atomic mass is 16.5. The van der Waals surface area contributed by atoms with Crippen LogP contribution in [0.2, 0.25) is 0 Å². The lowest BCUT2D eigenvalue weighted by atomic mass is 9.70. The monoisotopic (exact) mass is 252 g/mol. The predicted octanol–water partition coefficient (Wildman–Crippen LogP) is 3.38. The molecule has 0 radical (unpaired) electrons. The van der Waals surface area contributed by atoms with E-state index in [9.17, 15) is 5.11 Å². The summed E-state index contributed by atoms with van der Waals surface area (Å²) in [6.07, 6.45) is 8.49. The molecular formula is C16H28O2. The molecule has 0 saturated heterocycles. The molecule has 3 rings (SSSR count). The van der Waals surface area contributed by atoms with Crippen LogP contribution in [0.5, 0.6) is 0 Å². The Bertz CT molecular complexity index is 325. The van der Waals surface area contributed by atoms with Crippen molar-refractivity contribution in [3.63, 3.8) is 0 Å². The van der Waals surface area contributed by atoms with E-state index in [0.717, 1.165) is 37.0 Å². The van der Waals surface area contributed by atoms with Crippen LogP contribution in [0.3, 0.4) is 0 Å². The third kappa shape index (κ3) is 1.92. The lowest BCUT2D eigenvalue weighted by Gasteiger charge is -2.40. The smallest absolute Gasteiger partial charge is 0.0682 e. The van der Waals surface area contributed by atoms with Crippen LogP contribution in [-0.2, 0) is 4.74 Å². The standard InChI is InChI=1S/C16H28O2/c1-15(2,18-3)7-8-16(17)10-11-9-14(16)13-6-4-5-12(11)13/h11-14,17H,4-10H2,1-3H3. The average molecular weight is 252 g/mol. The second-order valence-corrected chi connectivity index (χ2v) is 7.63. The zero-order valence-corrected chi connectivity index (χ0v) is 12.1. The van der Waals surface area contributed by atoms with Crippen LogP contribution in [0.1, 0.15) is 58.8 Å². The van der Waals surface area contributed by atoms with E-state index in [2.05, 4.69) is 13.8 Å². The molecule has 0 aromatic heterocycles. The Kier molecular flexibility index (Phi) is 3.02. The number of hydrogen-bond donors (Lipinski definition) is 1. The van der Waals surface area contributed by atoms with E-state index in [1.54, 1.807) is 7.11 Å². The Morgan fingerprint density at radius 2 is 2.00 bits per heavy atom. The molecule has 3 fully saturated rings. The highest BCUT2D eigenvalue weighted by Crippen LogP contribution is 2.63. The van der Waals surface area contributed by atoms with Crippen LogP contribution >= 0.6 is 0 Å². The topological polar surface area (TPSA) is 29.5 Å². The molecule has 5 unspecified atom stereocenters. The molecule has 3 saturated carbocycles. The van der Waals surface area contributed by atoms with Crippen LogP contribution < -0.4 is 0 Å². The SMILES string of the molecule is COC(C)(C)CCC1(O)CC2CC1C1CCCC21. The fraction of sp³-hybridized carbons (Fsp3) is 1.00. The van der Waals surface area contributed by atoms with Gasteiger partial charge in [-0.05, 0) is 76.0 Å². The zero-order chi connectivity index (χ0) is 13.0. The van der Waals surface area contributed by atoms with Crippen molar-refractivity contribution in [2.45, 2.75) is 70.0 Å². The minimum absolute atomic E-state index is 0.0906. The molecule has 5 atom stereocenters. The van der Waals surface area contributed by atoms with Gasteiger partial charge < -0.3 is 9.84 Å². The molecule has 0 heterocycles. The van der Waals surface area contributed by atoms with Gasteiger partial charge in [-0.2, -0.15) is 0 Å². The van der Waals surface area contributed by atoms with E-state index in [0.29, 0.717) is 5.92 Å². The number of hydrogen-bond acceptors (Lipinski definition) is 2. The van der Waals surface area contributed by atoms with Gasteiger partial charge in [0.2, 0.25) is 0 Å². The summed E-state index contributed by atoms with van der Waals surface area (Å²) >= 11 is 0. The molecule has 18 heavy (non-hydrogen) atoms. The highest BCUT2D eigenvalue weighted by Gasteiger charge is 2.60. The van der Waals surface area contributed by atoms with Crippen molar-refractivity contribution in [3.8, 4) is 0 Å². The number of fused-ring (bicyclic) bond motifs is 5. The molecule has 0 aromatic carbocycles. The summed E-state index contributed by atoms with van der Waals surface area (Å²) in [6.45, 7) is 4.25. The van der Waals surface area contributed by atoms with Crippen LogP contribution in [-0.4, -0.2) is 23.4 Å². The summed E-state index contributed by atoms with van der Waals surface area (Å²) in [7, 11) is 1.78. The quantitative estimate of drug-likeness (QED) is 0.831. The summed E-state index contributed by atoms with van der Waals surface area (Å²) in [4.78, 5) is 0. The molecule has 3 aliphatic carbocycles. The molecule has 0 aliphatic heterocycles. The van der Waals surface area contributed by atoms with Gasteiger partial charge in [-0.25, -0.2) is 0 Å². The molecule has 2 heteroatoms. The molecule has 2 nitrogen and oxygen atoms in total. The third-order valence-electron chi connectivity index (χ3n) is 6.32. The number of ether oxygens (including phenoxy) is 1. The van der Waals surface area contributed by atoms with Gasteiger partial charge in [-0.3, -0.25) is 0 Å². The second-order valence-electron chi connectivity index (χ2n) is 7.63. The van der Waals surface area contributed by atoms with Gasteiger partial charge in [0.25, 0.3) is 0 Å². The molecule has 0 spiro atoms. The summed E-state index contributed by atoms with van der Waals surface area (Å²) < 4.78 is 5.50. The fourth-order valence-corrected chi connectivity index (χ4v) is 5.14. The summed E-state index contributed by atoms with van der Waals surface area (Å²) in [5, 5.41) is 11.0. The van der Waals surface area contributed by atoms with Crippen molar-refractivity contribution in [2.24, 2.45) is 23.7 Å². The van der Waals surface area contributed by atoms with Crippen molar-refractivity contribution in [3.05, 3.63) is 0 Å². The molecule has 2 bridgehead atoms. The zero-order valence-electron chi connectivity index (χ0n) is 12.1. The van der Waals surface area contributed by atoms with Gasteiger partial charge in [0, 0.05) is 7.11 Å². The summed E-state index contributed by atoms with van der Waals surface area (Å²) in [5.41, 5.74) is -0.460. The van der Waals surface area contributed by atoms with Gasteiger partial charge in [-0.1, -0.05) is 6.42 Å². The normalized spacial score (nSPS) is 46.7. The van der Waals surface area contributed by atoms with Crippen molar-refractivity contribution in [1.82, 2.24) is 0 Å². The van der Waals surface area contributed by atoms with Crippen molar-refractivity contribution in [2.75, 3.05) is 7.11 Å². The minimum atomic E-state index is -0.369. The van der Waals surface area contributed by atoms with Gasteiger partial charge in [0.05, 0.1) is 11.2 Å². The number of rotatable bonds is 4. The van der Waals surface area contributed by atoms with Crippen LogP contribution in [0.25, 0.3) is 0 Å². The first kappa shape index (κ1) is 12.9. The molecule has 1 N–H and O–H groups in total. The van der Waals surface area contributed by atoms with Crippen LogP contribution in [0.15, 0.2) is 0 Å². The number of aliphatic hydroxyl groups is 1. The molecule has 0 aromatic rings. The van der Waals surface area contributed by atoms with E-state index in [-0.39, 0.29) is 11.2 Å². The Morgan fingerprint density at radius 3 is 2.72 bits per heavy atom. The predicted molar refractivity (Wildman–Crippen MR) is 72.3 cm³/mol. The third-order valence-corrected chi connectivity index (χ3v) is 6.32. The number of methoxy groups -OCH3 is 1. The van der Waals surface area contributed by atoms with E-state index in [4.69, 9.17) is 4.74 Å². The van der Waals surface area contributed by atoms with Gasteiger partial charge in [-0.15, -0.1) is 0 Å². The first-order valence-corrected chi connectivity index (χ1v) is 7.73. The Balaban J connectivity index is 1.66. The molecular weight excluding hydrogens is 224 g/mol. The minimum Gasteiger partial charge on any atom is -0.390 e. The molecule has 104 valence electrons. The maximum Gasteiger partial charge on any atom is 0.0682 e. The summed E-state index contributed by atoms with van der Waals surface area (Å²) in [6, 6.07) is 0. The molecule has 0 amide bonds. The van der Waals surface area contributed by atoms with Gasteiger partial charge in [0.15, 0.2) is 0 Å². The lowest BCUT2D eigenvalue weighted by Crippen LogP contribution is -2.42. The van der Waals surface area contributed by atoms with Crippen LogP contribution in [0, 0.1) is 23.7 Å². The fourth-order valence-electron chi connectivity index (χ4n) is 5.14. The van der Waals surface area contributed by atoms with Gasteiger partial charge in [0.1, 0.15) is 0 Å². The van der Waals surface area contributed by atoms with Gasteiger partial charge >= 0.3 is 0 Å². The highest BCUT2D eigenvalue weighted by molar-refractivity contribution is 5.10. The average Bonchev–Trinajstić information content (AvgIpc) is 2.97. The van der Waals surface area contributed by atoms with E-state index < -0.39 is 0 Å². The van der Waals surface area contributed by atoms with E-state index >= 15 is 0 Å². The Labute approximate surface area is 111 Å². The lowest BCUT2D eigenvalue weighted by molar-refractivity contribution is -0.0736. The van der Waals surface area contributed by atoms with E-state index in [1.165, 1.54) is 25.7 Å². The maximum absolute atomic E-state index is 11.0. The maximum atomic E-state index is 11.0. The first-order chi connectivity index (χ1) is 8.45. The summed E-state index contributed by atoms with van der Waals surface area (Å²) in [5.74, 6) is 3.24. The largest absolute Gasteiger partial charge is 0.390 e. The Morgan fingerprint density at radius 1 is 1.28 bits per heavy atom. The first-order valence-electron chi connectivity index (χ1n) is 7.73. The Hall–Kier alpha value is -0.0800. The van der Waals surface area contributed by atoms with Crippen molar-refractivity contribution in [1.29, 1.82) is 0 Å². The second kappa shape index (κ2) is 4.21. The van der Waals surface area contributed by atoms with Crippen molar-refractivity contribution < 1.29 is 9.84 Å². The van der Waals surface area contributed by atoms with Crippen LogP contribution in [0.4, 0.5) is 0 Å². The van der Waals surface area contributed by atoms with Crippen molar-refractivity contribution >= 4 is 0 Å². The van der Waals surface area contributed by atoms with E-state index in [1.807, 2.05) is 0 Å².